The summed E-state index contributed by atoms with van der Waals surface area (Å²) in [6.07, 6.45) is 3.38. The summed E-state index contributed by atoms with van der Waals surface area (Å²) in [4.78, 5) is 14.8. The van der Waals surface area contributed by atoms with Gasteiger partial charge in [-0.15, -0.1) is 0 Å². The molecular weight excluding hydrogens is 202 g/mol. The van der Waals surface area contributed by atoms with E-state index in [1.54, 1.807) is 22.5 Å². The van der Waals surface area contributed by atoms with E-state index in [4.69, 9.17) is 5.11 Å². The molecule has 2 aromatic rings. The van der Waals surface area contributed by atoms with E-state index in [1.807, 2.05) is 7.05 Å². The van der Waals surface area contributed by atoms with Crippen molar-refractivity contribution in [3.05, 3.63) is 23.6 Å². The van der Waals surface area contributed by atoms with Crippen molar-refractivity contribution in [2.24, 2.45) is 7.05 Å². The lowest BCUT2D eigenvalue weighted by atomic mass is 10.2. The second-order valence-electron chi connectivity index (χ2n) is 2.81. The molecule has 2 rings (SSSR count). The average molecular weight is 209 g/mol. The molecule has 0 aliphatic rings. The molecule has 0 aromatic carbocycles. The van der Waals surface area contributed by atoms with Gasteiger partial charge in [0, 0.05) is 24.2 Å². The third-order valence-electron chi connectivity index (χ3n) is 1.75. The van der Waals surface area contributed by atoms with E-state index in [1.165, 1.54) is 0 Å². The van der Waals surface area contributed by atoms with Gasteiger partial charge in [-0.2, -0.15) is 4.37 Å². The van der Waals surface area contributed by atoms with Crippen molar-refractivity contribution in [1.82, 2.24) is 13.9 Å². The van der Waals surface area contributed by atoms with Gasteiger partial charge in [0.25, 0.3) is 0 Å². The minimum absolute atomic E-state index is 0.0636. The number of hydrogen-bond donors (Lipinski definition) is 1. The van der Waals surface area contributed by atoms with Crippen LogP contribution in [0.1, 0.15) is 10.5 Å². The van der Waals surface area contributed by atoms with Crippen molar-refractivity contribution in [3.8, 4) is 11.3 Å². The fourth-order valence-corrected chi connectivity index (χ4v) is 1.80. The first kappa shape index (κ1) is 8.89. The Labute approximate surface area is 83.8 Å². The molecule has 0 aliphatic carbocycles. The zero-order valence-corrected chi connectivity index (χ0v) is 8.15. The highest BCUT2D eigenvalue weighted by Crippen LogP contribution is 2.22. The van der Waals surface area contributed by atoms with Crippen LogP contribution in [0.2, 0.25) is 0 Å². The third-order valence-corrected chi connectivity index (χ3v) is 2.38. The maximum absolute atomic E-state index is 10.8. The van der Waals surface area contributed by atoms with Crippen LogP contribution in [0.4, 0.5) is 0 Å². The molecule has 0 amide bonds. The van der Waals surface area contributed by atoms with Crippen LogP contribution in [0.5, 0.6) is 0 Å². The van der Waals surface area contributed by atoms with Gasteiger partial charge in [-0.05, 0) is 11.5 Å². The molecule has 0 saturated heterocycles. The van der Waals surface area contributed by atoms with Gasteiger partial charge in [-0.25, -0.2) is 9.78 Å². The van der Waals surface area contributed by atoms with Crippen molar-refractivity contribution in [2.75, 3.05) is 0 Å². The number of nitrogens with zero attached hydrogens (tertiary/aromatic N) is 3. The topological polar surface area (TPSA) is 68.0 Å². The lowest BCUT2D eigenvalue weighted by Crippen LogP contribution is -1.98. The predicted molar refractivity (Wildman–Crippen MR) is 51.3 cm³/mol. The highest BCUT2D eigenvalue weighted by atomic mass is 32.1. The minimum atomic E-state index is -1.02. The summed E-state index contributed by atoms with van der Waals surface area (Å²) in [6, 6.07) is 0. The molecule has 0 bridgehead atoms. The largest absolute Gasteiger partial charge is 0.476 e. The summed E-state index contributed by atoms with van der Waals surface area (Å²) in [5.74, 6) is -1.02. The number of carboxylic acids is 1. The second kappa shape index (κ2) is 3.22. The molecule has 0 radical (unpaired) electrons. The number of aromatic carboxylic acids is 1. The summed E-state index contributed by atoms with van der Waals surface area (Å²) in [5.41, 5.74) is 1.27. The Kier molecular flexibility index (Phi) is 2.05. The van der Waals surface area contributed by atoms with Crippen molar-refractivity contribution < 1.29 is 9.90 Å². The first-order valence-electron chi connectivity index (χ1n) is 3.84. The smallest absolute Gasteiger partial charge is 0.356 e. The monoisotopic (exact) mass is 209 g/mol. The molecule has 72 valence electrons. The lowest BCUT2D eigenvalue weighted by molar-refractivity contribution is 0.0692. The van der Waals surface area contributed by atoms with Crippen molar-refractivity contribution >= 4 is 17.5 Å². The summed E-state index contributed by atoms with van der Waals surface area (Å²) in [5, 5.41) is 10.5. The van der Waals surface area contributed by atoms with Crippen molar-refractivity contribution in [2.45, 2.75) is 0 Å². The van der Waals surface area contributed by atoms with E-state index in [-0.39, 0.29) is 5.69 Å². The zero-order chi connectivity index (χ0) is 10.1. The molecule has 0 fully saturated rings. The summed E-state index contributed by atoms with van der Waals surface area (Å²) in [7, 11) is 1.83. The Balaban J connectivity index is 2.51. The molecule has 2 aromatic heterocycles. The number of aryl methyl sites for hydroxylation is 1. The maximum Gasteiger partial charge on any atom is 0.356 e. The molecule has 0 saturated carbocycles. The van der Waals surface area contributed by atoms with Gasteiger partial charge in [-0.1, -0.05) is 0 Å². The SMILES string of the molecule is Cn1cnc(-c2csnc2C(=O)O)c1. The molecule has 1 N–H and O–H groups in total. The van der Waals surface area contributed by atoms with Crippen LogP contribution in [-0.4, -0.2) is 25.0 Å². The first-order valence-corrected chi connectivity index (χ1v) is 4.68. The second-order valence-corrected chi connectivity index (χ2v) is 3.44. The Morgan fingerprint density at radius 1 is 1.64 bits per heavy atom. The summed E-state index contributed by atoms with van der Waals surface area (Å²) >= 11 is 1.12. The predicted octanol–water partition coefficient (Wildman–Crippen LogP) is 1.24. The highest BCUT2D eigenvalue weighted by Gasteiger charge is 2.16. The number of hydrogen-bond acceptors (Lipinski definition) is 4. The number of aromatic nitrogens is 3. The summed E-state index contributed by atoms with van der Waals surface area (Å²) < 4.78 is 5.56. The number of carbonyl (C=O) groups is 1. The number of imidazole rings is 1. The Morgan fingerprint density at radius 2 is 2.43 bits per heavy atom. The fourth-order valence-electron chi connectivity index (χ4n) is 1.12. The Bertz CT molecular complexity index is 474. The van der Waals surface area contributed by atoms with Crippen LogP contribution < -0.4 is 0 Å². The number of carboxylic acid groups (broad SMARTS) is 1. The molecule has 6 heteroatoms. The van der Waals surface area contributed by atoms with E-state index in [9.17, 15) is 4.79 Å². The minimum Gasteiger partial charge on any atom is -0.476 e. The van der Waals surface area contributed by atoms with E-state index in [0.29, 0.717) is 11.3 Å². The normalized spacial score (nSPS) is 10.4. The standard InChI is InChI=1S/C8H7N3O2S/c1-11-2-6(9-4-11)5-3-14-10-7(5)8(12)13/h2-4H,1H3,(H,12,13). The van der Waals surface area contributed by atoms with Crippen molar-refractivity contribution in [1.29, 1.82) is 0 Å². The number of rotatable bonds is 2. The van der Waals surface area contributed by atoms with Crippen molar-refractivity contribution in [3.63, 3.8) is 0 Å². The lowest BCUT2D eigenvalue weighted by Gasteiger charge is -1.92. The van der Waals surface area contributed by atoms with Gasteiger partial charge in [0.1, 0.15) is 0 Å². The molecule has 0 unspecified atom stereocenters. The molecule has 14 heavy (non-hydrogen) atoms. The van der Waals surface area contributed by atoms with E-state index in [2.05, 4.69) is 9.36 Å². The van der Waals surface area contributed by atoms with Gasteiger partial charge in [0.05, 0.1) is 12.0 Å². The average Bonchev–Trinajstić information content (AvgIpc) is 2.70. The third kappa shape index (κ3) is 1.39. The highest BCUT2D eigenvalue weighted by molar-refractivity contribution is 7.04. The van der Waals surface area contributed by atoms with Gasteiger partial charge < -0.3 is 9.67 Å². The Morgan fingerprint density at radius 3 is 3.00 bits per heavy atom. The van der Waals surface area contributed by atoms with Gasteiger partial charge in [-0.3, -0.25) is 0 Å². The van der Waals surface area contributed by atoms with Gasteiger partial charge in [0.2, 0.25) is 0 Å². The molecule has 5 nitrogen and oxygen atoms in total. The molecule has 0 atom stereocenters. The zero-order valence-electron chi connectivity index (χ0n) is 7.34. The molecular formula is C8H7N3O2S. The van der Waals surface area contributed by atoms with Gasteiger partial charge >= 0.3 is 5.97 Å². The van der Waals surface area contributed by atoms with Crippen LogP contribution in [0, 0.1) is 0 Å². The van der Waals surface area contributed by atoms with E-state index < -0.39 is 5.97 Å². The molecule has 0 aliphatic heterocycles. The Hall–Kier alpha value is -1.69. The molecule has 2 heterocycles. The molecule has 0 spiro atoms. The van der Waals surface area contributed by atoms with Gasteiger partial charge in [0.15, 0.2) is 5.69 Å². The van der Waals surface area contributed by atoms with Crippen LogP contribution in [-0.2, 0) is 7.05 Å². The quantitative estimate of drug-likeness (QED) is 0.808. The van der Waals surface area contributed by atoms with E-state index >= 15 is 0 Å². The van der Waals surface area contributed by atoms with Crippen LogP contribution in [0.3, 0.4) is 0 Å². The van der Waals surface area contributed by atoms with E-state index in [0.717, 1.165) is 11.5 Å². The first-order chi connectivity index (χ1) is 6.68. The maximum atomic E-state index is 10.8. The fraction of sp³-hybridized carbons (Fsp3) is 0.125. The van der Waals surface area contributed by atoms with Crippen LogP contribution in [0.25, 0.3) is 11.3 Å². The van der Waals surface area contributed by atoms with Crippen LogP contribution in [0.15, 0.2) is 17.9 Å². The summed E-state index contributed by atoms with van der Waals surface area (Å²) in [6.45, 7) is 0. The van der Waals surface area contributed by atoms with Crippen LogP contribution >= 0.6 is 11.5 Å².